The van der Waals surface area contributed by atoms with Crippen LogP contribution in [0.25, 0.3) is 0 Å². The van der Waals surface area contributed by atoms with Gasteiger partial charge >= 0.3 is 0 Å². The summed E-state index contributed by atoms with van der Waals surface area (Å²) in [6.07, 6.45) is 3.80. The first-order chi connectivity index (χ1) is 8.13. The number of rotatable bonds is 8. The first-order valence-corrected chi connectivity index (χ1v) is 6.11. The summed E-state index contributed by atoms with van der Waals surface area (Å²) in [6, 6.07) is 0.429. The molecule has 0 fully saturated rings. The summed E-state index contributed by atoms with van der Waals surface area (Å²) < 4.78 is 7.02. The van der Waals surface area contributed by atoms with Crippen LogP contribution < -0.4 is 5.32 Å². The Morgan fingerprint density at radius 1 is 1.41 bits per heavy atom. The Hall–Kier alpha value is -1.07. The van der Waals surface area contributed by atoms with E-state index in [2.05, 4.69) is 31.2 Å². The topological polar surface area (TPSA) is 59.3 Å². The van der Waals surface area contributed by atoms with Crippen molar-refractivity contribution < 1.29 is 9.84 Å². The van der Waals surface area contributed by atoms with Crippen LogP contribution in [-0.2, 0) is 11.3 Å². The van der Waals surface area contributed by atoms with Gasteiger partial charge in [0.2, 0.25) is 0 Å². The maximum absolute atomic E-state index is 8.56. The van der Waals surface area contributed by atoms with E-state index in [0.29, 0.717) is 31.7 Å². The van der Waals surface area contributed by atoms with E-state index in [1.807, 2.05) is 17.1 Å². The third-order valence-electron chi connectivity index (χ3n) is 2.73. The highest BCUT2D eigenvalue weighted by Gasteiger charge is 2.07. The lowest BCUT2D eigenvalue weighted by atomic mass is 10.1. The van der Waals surface area contributed by atoms with E-state index in [1.165, 1.54) is 0 Å². The monoisotopic (exact) mass is 241 g/mol. The van der Waals surface area contributed by atoms with E-state index < -0.39 is 0 Å². The fourth-order valence-corrected chi connectivity index (χ4v) is 1.31. The molecule has 1 aromatic heterocycles. The SMILES string of the molecule is CC(C)C(C)Nc1cnn(CCOCCO)c1. The molecule has 0 amide bonds. The van der Waals surface area contributed by atoms with Gasteiger partial charge in [0.15, 0.2) is 0 Å². The Kier molecular flexibility index (Phi) is 6.00. The molecular weight excluding hydrogens is 218 g/mol. The van der Waals surface area contributed by atoms with Gasteiger partial charge in [0.05, 0.1) is 38.2 Å². The van der Waals surface area contributed by atoms with Gasteiger partial charge in [-0.1, -0.05) is 13.8 Å². The molecule has 0 spiro atoms. The van der Waals surface area contributed by atoms with Crippen molar-refractivity contribution in [2.75, 3.05) is 25.1 Å². The Morgan fingerprint density at radius 2 is 2.18 bits per heavy atom. The second-order valence-electron chi connectivity index (χ2n) is 4.51. The van der Waals surface area contributed by atoms with Gasteiger partial charge in [-0.3, -0.25) is 4.68 Å². The summed E-state index contributed by atoms with van der Waals surface area (Å²) in [4.78, 5) is 0. The zero-order valence-electron chi connectivity index (χ0n) is 10.9. The molecule has 1 atom stereocenters. The summed E-state index contributed by atoms with van der Waals surface area (Å²) in [5, 5.41) is 16.2. The van der Waals surface area contributed by atoms with Crippen LogP contribution in [0.1, 0.15) is 20.8 Å². The second-order valence-corrected chi connectivity index (χ2v) is 4.51. The predicted octanol–water partition coefficient (Wildman–Crippen LogP) is 1.35. The summed E-state index contributed by atoms with van der Waals surface area (Å²) in [5.74, 6) is 0.589. The quantitative estimate of drug-likeness (QED) is 0.674. The molecule has 0 saturated carbocycles. The number of nitrogens with one attached hydrogen (secondary N) is 1. The summed E-state index contributed by atoms with van der Waals surface area (Å²) in [7, 11) is 0. The maximum Gasteiger partial charge on any atom is 0.0728 e. The molecule has 0 aliphatic rings. The summed E-state index contributed by atoms with van der Waals surface area (Å²) >= 11 is 0. The van der Waals surface area contributed by atoms with Gasteiger partial charge in [-0.25, -0.2) is 0 Å². The normalized spacial score (nSPS) is 13.0. The molecule has 2 N–H and O–H groups in total. The van der Waals surface area contributed by atoms with E-state index >= 15 is 0 Å². The number of ether oxygens (including phenoxy) is 1. The van der Waals surface area contributed by atoms with E-state index in [4.69, 9.17) is 9.84 Å². The van der Waals surface area contributed by atoms with Crippen molar-refractivity contribution in [2.24, 2.45) is 5.92 Å². The fourth-order valence-electron chi connectivity index (χ4n) is 1.31. The minimum absolute atomic E-state index is 0.0673. The molecule has 0 bridgehead atoms. The van der Waals surface area contributed by atoms with Crippen LogP contribution in [0.2, 0.25) is 0 Å². The van der Waals surface area contributed by atoms with Crippen molar-refractivity contribution in [3.8, 4) is 0 Å². The van der Waals surface area contributed by atoms with Crippen LogP contribution in [0.4, 0.5) is 5.69 Å². The van der Waals surface area contributed by atoms with Crippen LogP contribution >= 0.6 is 0 Å². The minimum atomic E-state index is 0.0673. The number of hydrogen-bond donors (Lipinski definition) is 2. The van der Waals surface area contributed by atoms with Gasteiger partial charge in [0.1, 0.15) is 0 Å². The molecule has 5 nitrogen and oxygen atoms in total. The zero-order valence-corrected chi connectivity index (χ0v) is 10.9. The van der Waals surface area contributed by atoms with E-state index in [9.17, 15) is 0 Å². The van der Waals surface area contributed by atoms with Crippen LogP contribution in [0.15, 0.2) is 12.4 Å². The molecule has 0 aliphatic carbocycles. The molecule has 0 aliphatic heterocycles. The van der Waals surface area contributed by atoms with Crippen LogP contribution in [0, 0.1) is 5.92 Å². The number of hydrogen-bond acceptors (Lipinski definition) is 4. The lowest BCUT2D eigenvalue weighted by Crippen LogP contribution is -2.21. The Labute approximate surface area is 103 Å². The lowest BCUT2D eigenvalue weighted by Gasteiger charge is -2.16. The van der Waals surface area contributed by atoms with E-state index in [0.717, 1.165) is 5.69 Å². The first kappa shape index (κ1) is 14.0. The molecule has 5 heteroatoms. The second kappa shape index (κ2) is 7.29. The molecule has 0 saturated heterocycles. The lowest BCUT2D eigenvalue weighted by molar-refractivity contribution is 0.0854. The maximum atomic E-state index is 8.56. The molecule has 1 unspecified atom stereocenters. The highest BCUT2D eigenvalue weighted by Crippen LogP contribution is 2.11. The number of aromatic nitrogens is 2. The highest BCUT2D eigenvalue weighted by atomic mass is 16.5. The van der Waals surface area contributed by atoms with Crippen molar-refractivity contribution in [1.29, 1.82) is 0 Å². The fraction of sp³-hybridized carbons (Fsp3) is 0.750. The molecule has 1 heterocycles. The number of anilines is 1. The Morgan fingerprint density at radius 3 is 2.82 bits per heavy atom. The standard InChI is InChI=1S/C12H23N3O2/c1-10(2)11(3)14-12-8-13-15(9-12)4-6-17-7-5-16/h8-11,14,16H,4-7H2,1-3H3. The minimum Gasteiger partial charge on any atom is -0.394 e. The molecule has 17 heavy (non-hydrogen) atoms. The molecule has 1 rings (SSSR count). The van der Waals surface area contributed by atoms with Crippen molar-refractivity contribution in [3.05, 3.63) is 12.4 Å². The van der Waals surface area contributed by atoms with Gasteiger partial charge < -0.3 is 15.2 Å². The molecule has 98 valence electrons. The molecular formula is C12H23N3O2. The largest absolute Gasteiger partial charge is 0.394 e. The van der Waals surface area contributed by atoms with Crippen LogP contribution in [0.3, 0.4) is 0 Å². The zero-order chi connectivity index (χ0) is 12.7. The Balaban J connectivity index is 2.32. The van der Waals surface area contributed by atoms with Crippen molar-refractivity contribution in [1.82, 2.24) is 9.78 Å². The van der Waals surface area contributed by atoms with Gasteiger partial charge in [-0.2, -0.15) is 5.10 Å². The van der Waals surface area contributed by atoms with Gasteiger partial charge in [-0.05, 0) is 12.8 Å². The van der Waals surface area contributed by atoms with Crippen LogP contribution in [0.5, 0.6) is 0 Å². The van der Waals surface area contributed by atoms with Gasteiger partial charge in [-0.15, -0.1) is 0 Å². The molecule has 1 aromatic rings. The number of nitrogens with zero attached hydrogens (tertiary/aromatic N) is 2. The highest BCUT2D eigenvalue weighted by molar-refractivity contribution is 5.39. The molecule has 0 aromatic carbocycles. The smallest absolute Gasteiger partial charge is 0.0728 e. The van der Waals surface area contributed by atoms with E-state index in [1.54, 1.807) is 0 Å². The number of aliphatic hydroxyl groups is 1. The molecule has 0 radical (unpaired) electrons. The average Bonchev–Trinajstić information content (AvgIpc) is 2.72. The van der Waals surface area contributed by atoms with Crippen molar-refractivity contribution in [3.63, 3.8) is 0 Å². The van der Waals surface area contributed by atoms with E-state index in [-0.39, 0.29) is 6.61 Å². The summed E-state index contributed by atoms with van der Waals surface area (Å²) in [6.45, 7) is 8.26. The number of aliphatic hydroxyl groups excluding tert-OH is 1. The first-order valence-electron chi connectivity index (χ1n) is 6.11. The third-order valence-corrected chi connectivity index (χ3v) is 2.73. The Bertz CT molecular complexity index is 312. The third kappa shape index (κ3) is 5.19. The predicted molar refractivity (Wildman–Crippen MR) is 68.1 cm³/mol. The van der Waals surface area contributed by atoms with Gasteiger partial charge in [0.25, 0.3) is 0 Å². The van der Waals surface area contributed by atoms with Crippen LogP contribution in [-0.4, -0.2) is 40.7 Å². The summed E-state index contributed by atoms with van der Waals surface area (Å²) in [5.41, 5.74) is 1.04. The average molecular weight is 241 g/mol. The van der Waals surface area contributed by atoms with Crippen molar-refractivity contribution in [2.45, 2.75) is 33.4 Å². The van der Waals surface area contributed by atoms with Gasteiger partial charge in [0, 0.05) is 12.2 Å². The van der Waals surface area contributed by atoms with Crippen molar-refractivity contribution >= 4 is 5.69 Å².